The lowest BCUT2D eigenvalue weighted by Gasteiger charge is -2.15. The summed E-state index contributed by atoms with van der Waals surface area (Å²) < 4.78 is 10.8. The Labute approximate surface area is 145 Å². The van der Waals surface area contributed by atoms with Gasteiger partial charge in [-0.25, -0.2) is 4.98 Å². The molecule has 0 bridgehead atoms. The van der Waals surface area contributed by atoms with Gasteiger partial charge in [-0.05, 0) is 32.0 Å². The molecule has 0 fully saturated rings. The lowest BCUT2D eigenvalue weighted by molar-refractivity contribution is 0.0749. The van der Waals surface area contributed by atoms with Crippen molar-refractivity contribution in [1.29, 1.82) is 0 Å². The van der Waals surface area contributed by atoms with Crippen LogP contribution < -0.4 is 10.3 Å². The number of carbonyl (C=O) groups is 1. The number of benzene rings is 1. The number of aromatic amines is 1. The standard InChI is InChI=1S/C18H21N3O4/c1-3-24-7-8-25-14-6-4-5-13(9-14)18(23)21-10-15-16(11-21)19-12(2)20-17(15)22/h4-6,9H,3,7-8,10-11H2,1-2H3,(H,19,20,22). The van der Waals surface area contributed by atoms with Crippen LogP contribution >= 0.6 is 0 Å². The summed E-state index contributed by atoms with van der Waals surface area (Å²) in [6.45, 7) is 5.84. The highest BCUT2D eigenvalue weighted by molar-refractivity contribution is 5.94. The smallest absolute Gasteiger partial charge is 0.256 e. The Morgan fingerprint density at radius 2 is 2.16 bits per heavy atom. The van der Waals surface area contributed by atoms with E-state index in [4.69, 9.17) is 9.47 Å². The number of hydrogen-bond acceptors (Lipinski definition) is 5. The highest BCUT2D eigenvalue weighted by Crippen LogP contribution is 2.22. The van der Waals surface area contributed by atoms with Crippen LogP contribution in [0.4, 0.5) is 0 Å². The average molecular weight is 343 g/mol. The largest absolute Gasteiger partial charge is 0.491 e. The van der Waals surface area contributed by atoms with Crippen LogP contribution in [-0.4, -0.2) is 40.6 Å². The molecule has 0 saturated heterocycles. The predicted molar refractivity (Wildman–Crippen MR) is 91.6 cm³/mol. The van der Waals surface area contributed by atoms with Gasteiger partial charge in [0.25, 0.3) is 11.5 Å². The van der Waals surface area contributed by atoms with Crippen molar-refractivity contribution in [1.82, 2.24) is 14.9 Å². The van der Waals surface area contributed by atoms with Gasteiger partial charge in [-0.15, -0.1) is 0 Å². The Bertz CT molecular complexity index is 831. The topological polar surface area (TPSA) is 84.5 Å². The van der Waals surface area contributed by atoms with E-state index in [2.05, 4.69) is 9.97 Å². The van der Waals surface area contributed by atoms with Crippen molar-refractivity contribution in [2.45, 2.75) is 26.9 Å². The molecular weight excluding hydrogens is 322 g/mol. The SMILES string of the molecule is CCOCCOc1cccc(C(=O)N2Cc3nc(C)[nH]c(=O)c3C2)c1. The molecule has 0 radical (unpaired) electrons. The zero-order valence-corrected chi connectivity index (χ0v) is 14.4. The molecule has 1 amide bonds. The van der Waals surface area contributed by atoms with Gasteiger partial charge in [-0.3, -0.25) is 9.59 Å². The zero-order valence-electron chi connectivity index (χ0n) is 14.4. The Balaban J connectivity index is 1.70. The van der Waals surface area contributed by atoms with Crippen molar-refractivity contribution < 1.29 is 14.3 Å². The fraction of sp³-hybridized carbons (Fsp3) is 0.389. The second-order valence-electron chi connectivity index (χ2n) is 5.81. The third-order valence-electron chi connectivity index (χ3n) is 3.98. The summed E-state index contributed by atoms with van der Waals surface area (Å²) in [7, 11) is 0. The van der Waals surface area contributed by atoms with E-state index in [9.17, 15) is 9.59 Å². The lowest BCUT2D eigenvalue weighted by atomic mass is 10.2. The van der Waals surface area contributed by atoms with Crippen molar-refractivity contribution in [3.8, 4) is 5.75 Å². The summed E-state index contributed by atoms with van der Waals surface area (Å²) in [5.74, 6) is 1.03. The monoisotopic (exact) mass is 343 g/mol. The molecule has 2 aromatic rings. The second kappa shape index (κ2) is 7.48. The Kier molecular flexibility index (Phi) is 5.14. The third-order valence-corrected chi connectivity index (χ3v) is 3.98. The number of aromatic nitrogens is 2. The number of fused-ring (bicyclic) bond motifs is 1. The maximum atomic E-state index is 12.7. The van der Waals surface area contributed by atoms with Crippen LogP contribution in [-0.2, 0) is 17.8 Å². The molecule has 3 rings (SSSR count). The van der Waals surface area contributed by atoms with E-state index in [-0.39, 0.29) is 18.0 Å². The van der Waals surface area contributed by atoms with Crippen molar-refractivity contribution in [3.05, 3.63) is 57.3 Å². The first-order chi connectivity index (χ1) is 12.1. The van der Waals surface area contributed by atoms with Gasteiger partial charge in [-0.2, -0.15) is 0 Å². The van der Waals surface area contributed by atoms with Gasteiger partial charge in [0, 0.05) is 12.2 Å². The molecule has 1 aliphatic rings. The molecule has 1 aliphatic heterocycles. The highest BCUT2D eigenvalue weighted by atomic mass is 16.5. The molecule has 7 nitrogen and oxygen atoms in total. The Morgan fingerprint density at radius 1 is 1.32 bits per heavy atom. The number of rotatable bonds is 6. The van der Waals surface area contributed by atoms with Gasteiger partial charge in [0.05, 0.1) is 31.0 Å². The van der Waals surface area contributed by atoms with Crippen LogP contribution in [0.3, 0.4) is 0 Å². The predicted octanol–water partition coefficient (Wildman–Crippen LogP) is 1.65. The van der Waals surface area contributed by atoms with Gasteiger partial charge >= 0.3 is 0 Å². The summed E-state index contributed by atoms with van der Waals surface area (Å²) in [4.78, 5) is 33.4. The van der Waals surface area contributed by atoms with E-state index in [0.29, 0.717) is 54.8 Å². The summed E-state index contributed by atoms with van der Waals surface area (Å²) in [6, 6.07) is 7.03. The van der Waals surface area contributed by atoms with Crippen LogP contribution in [0.5, 0.6) is 5.75 Å². The number of aryl methyl sites for hydroxylation is 1. The van der Waals surface area contributed by atoms with Crippen LogP contribution in [0, 0.1) is 6.92 Å². The van der Waals surface area contributed by atoms with E-state index in [1.54, 1.807) is 36.1 Å². The van der Waals surface area contributed by atoms with Crippen LogP contribution in [0.2, 0.25) is 0 Å². The zero-order chi connectivity index (χ0) is 17.8. The minimum absolute atomic E-state index is 0.148. The molecule has 1 N–H and O–H groups in total. The first-order valence-corrected chi connectivity index (χ1v) is 8.27. The number of ether oxygens (including phenoxy) is 2. The molecule has 132 valence electrons. The van der Waals surface area contributed by atoms with Gasteiger partial charge in [0.15, 0.2) is 0 Å². The molecule has 1 aromatic carbocycles. The fourth-order valence-electron chi connectivity index (χ4n) is 2.80. The number of nitrogens with zero attached hydrogens (tertiary/aromatic N) is 2. The van der Waals surface area contributed by atoms with Crippen LogP contribution in [0.25, 0.3) is 0 Å². The maximum Gasteiger partial charge on any atom is 0.256 e. The van der Waals surface area contributed by atoms with Gasteiger partial charge < -0.3 is 19.4 Å². The maximum absolute atomic E-state index is 12.7. The molecule has 0 aliphatic carbocycles. The summed E-state index contributed by atoms with van der Waals surface area (Å²) in [5, 5.41) is 0. The number of amides is 1. The number of carbonyl (C=O) groups excluding carboxylic acids is 1. The van der Waals surface area contributed by atoms with Crippen molar-refractivity contribution in [2.24, 2.45) is 0 Å². The van der Waals surface area contributed by atoms with Crippen molar-refractivity contribution in [2.75, 3.05) is 19.8 Å². The molecular formula is C18H21N3O4. The quantitative estimate of drug-likeness (QED) is 0.806. The lowest BCUT2D eigenvalue weighted by Crippen LogP contribution is -2.26. The average Bonchev–Trinajstić information content (AvgIpc) is 3.02. The molecule has 2 heterocycles. The Hall–Kier alpha value is -2.67. The Morgan fingerprint density at radius 3 is 2.96 bits per heavy atom. The van der Waals surface area contributed by atoms with E-state index in [0.717, 1.165) is 0 Å². The number of nitrogens with one attached hydrogen (secondary N) is 1. The second-order valence-corrected chi connectivity index (χ2v) is 5.81. The van der Waals surface area contributed by atoms with E-state index in [1.807, 2.05) is 6.92 Å². The first kappa shape index (κ1) is 17.2. The van der Waals surface area contributed by atoms with E-state index in [1.165, 1.54) is 0 Å². The minimum Gasteiger partial charge on any atom is -0.491 e. The summed E-state index contributed by atoms with van der Waals surface area (Å²) >= 11 is 0. The first-order valence-electron chi connectivity index (χ1n) is 8.27. The van der Waals surface area contributed by atoms with E-state index < -0.39 is 0 Å². The normalized spacial score (nSPS) is 13.0. The minimum atomic E-state index is -0.175. The molecule has 0 spiro atoms. The molecule has 25 heavy (non-hydrogen) atoms. The number of hydrogen-bond donors (Lipinski definition) is 1. The fourth-order valence-corrected chi connectivity index (χ4v) is 2.80. The van der Waals surface area contributed by atoms with Crippen molar-refractivity contribution in [3.63, 3.8) is 0 Å². The number of H-pyrrole nitrogens is 1. The molecule has 0 saturated carbocycles. The molecule has 0 atom stereocenters. The third kappa shape index (κ3) is 3.88. The highest BCUT2D eigenvalue weighted by Gasteiger charge is 2.28. The van der Waals surface area contributed by atoms with Crippen molar-refractivity contribution >= 4 is 5.91 Å². The molecule has 1 aromatic heterocycles. The van der Waals surface area contributed by atoms with E-state index >= 15 is 0 Å². The summed E-state index contributed by atoms with van der Waals surface area (Å²) in [6.07, 6.45) is 0. The van der Waals surface area contributed by atoms with Crippen LogP contribution in [0.15, 0.2) is 29.1 Å². The van der Waals surface area contributed by atoms with Gasteiger partial charge in [0.1, 0.15) is 18.2 Å². The summed E-state index contributed by atoms with van der Waals surface area (Å²) in [5.41, 5.74) is 1.57. The van der Waals surface area contributed by atoms with Crippen LogP contribution in [0.1, 0.15) is 34.4 Å². The molecule has 7 heteroatoms. The molecule has 0 unspecified atom stereocenters. The van der Waals surface area contributed by atoms with Gasteiger partial charge in [0.2, 0.25) is 0 Å². The van der Waals surface area contributed by atoms with Gasteiger partial charge in [-0.1, -0.05) is 6.07 Å².